The minimum absolute atomic E-state index is 0.0564. The van der Waals surface area contributed by atoms with Crippen molar-refractivity contribution >= 4 is 11.8 Å². The molecular weight excluding hydrogens is 318 g/mol. The fourth-order valence-electron chi connectivity index (χ4n) is 2.31. The summed E-state index contributed by atoms with van der Waals surface area (Å²) in [6.07, 6.45) is 2.10. The molecule has 0 fully saturated rings. The van der Waals surface area contributed by atoms with Crippen LogP contribution in [0.5, 0.6) is 5.75 Å². The van der Waals surface area contributed by atoms with Crippen LogP contribution in [0.1, 0.15) is 29.3 Å². The molecule has 2 aromatic rings. The summed E-state index contributed by atoms with van der Waals surface area (Å²) >= 11 is 0. The molecule has 1 atom stereocenters. The number of rotatable bonds is 8. The Bertz CT molecular complexity index is 730. The minimum atomic E-state index is -0.523. The summed E-state index contributed by atoms with van der Waals surface area (Å²) < 4.78 is 10.7. The molecule has 0 saturated heterocycles. The van der Waals surface area contributed by atoms with E-state index in [1.165, 1.54) is 7.11 Å². The van der Waals surface area contributed by atoms with E-state index in [0.717, 1.165) is 5.56 Å². The van der Waals surface area contributed by atoms with E-state index in [9.17, 15) is 4.79 Å². The fourth-order valence-corrected chi connectivity index (χ4v) is 2.31. The van der Waals surface area contributed by atoms with Gasteiger partial charge in [-0.15, -0.1) is 0 Å². The Balaban J connectivity index is 2.19. The van der Waals surface area contributed by atoms with Crippen molar-refractivity contribution < 1.29 is 14.3 Å². The summed E-state index contributed by atoms with van der Waals surface area (Å²) in [5.74, 6) is 0.192. The van der Waals surface area contributed by atoms with E-state index in [0.29, 0.717) is 23.7 Å². The van der Waals surface area contributed by atoms with E-state index in [-0.39, 0.29) is 18.2 Å². The number of benzene rings is 1. The molecule has 25 heavy (non-hydrogen) atoms. The summed E-state index contributed by atoms with van der Waals surface area (Å²) in [7, 11) is 1.49. The number of carbonyl (C=O) groups is 1. The number of hydrogen-bond donors (Lipinski definition) is 2. The first-order valence-electron chi connectivity index (χ1n) is 7.95. The Morgan fingerprint density at radius 2 is 2.04 bits per heavy atom. The first-order chi connectivity index (χ1) is 12.0. The smallest absolute Gasteiger partial charge is 0.346 e. The van der Waals surface area contributed by atoms with Crippen LogP contribution < -0.4 is 15.8 Å². The maximum absolute atomic E-state index is 12.6. The highest BCUT2D eigenvalue weighted by molar-refractivity contribution is 5.97. The van der Waals surface area contributed by atoms with Gasteiger partial charge in [-0.3, -0.25) is 0 Å². The molecule has 1 aromatic heterocycles. The number of methoxy groups -OCH3 is 1. The number of nitrogens with two attached hydrogens (primary N) is 1. The molecule has 2 rings (SSSR count). The lowest BCUT2D eigenvalue weighted by Gasteiger charge is -2.16. The molecule has 0 aliphatic carbocycles. The van der Waals surface area contributed by atoms with Crippen LogP contribution in [0.15, 0.2) is 54.9 Å². The number of ether oxygens (including phenoxy) is 2. The van der Waals surface area contributed by atoms with E-state index in [2.05, 4.69) is 16.9 Å². The normalized spacial score (nSPS) is 11.5. The highest BCUT2D eigenvalue weighted by Gasteiger charge is 2.21. The molecule has 132 valence electrons. The SMILES string of the molecule is C=C(CC(C)N)Nc1nccc(OC)c1C(=O)OCc1ccccc1. The molecule has 6 nitrogen and oxygen atoms in total. The maximum atomic E-state index is 12.6. The standard InChI is InChI=1S/C19H23N3O3/c1-13(20)11-14(2)22-18-17(16(24-3)9-10-21-18)19(23)25-12-15-7-5-4-6-8-15/h4-10,13H,2,11-12,20H2,1,3H3,(H,21,22). The first-order valence-corrected chi connectivity index (χ1v) is 7.95. The van der Waals surface area contributed by atoms with Crippen LogP contribution in [0.3, 0.4) is 0 Å². The van der Waals surface area contributed by atoms with Crippen LogP contribution in [0.4, 0.5) is 5.82 Å². The van der Waals surface area contributed by atoms with Crippen LogP contribution in [0.25, 0.3) is 0 Å². The lowest BCUT2D eigenvalue weighted by atomic mass is 10.2. The number of nitrogens with one attached hydrogen (secondary N) is 1. The Labute approximate surface area is 147 Å². The molecule has 3 N–H and O–H groups in total. The zero-order chi connectivity index (χ0) is 18.2. The van der Waals surface area contributed by atoms with Crippen molar-refractivity contribution in [2.24, 2.45) is 5.73 Å². The predicted molar refractivity (Wildman–Crippen MR) is 97.4 cm³/mol. The van der Waals surface area contributed by atoms with Crippen LogP contribution >= 0.6 is 0 Å². The van der Waals surface area contributed by atoms with E-state index >= 15 is 0 Å². The van der Waals surface area contributed by atoms with Gasteiger partial charge in [0.2, 0.25) is 0 Å². The van der Waals surface area contributed by atoms with E-state index in [1.807, 2.05) is 37.3 Å². The monoisotopic (exact) mass is 341 g/mol. The molecular formula is C19H23N3O3. The van der Waals surface area contributed by atoms with Crippen molar-refractivity contribution in [1.29, 1.82) is 0 Å². The lowest BCUT2D eigenvalue weighted by molar-refractivity contribution is 0.0470. The number of aromatic nitrogens is 1. The summed E-state index contributed by atoms with van der Waals surface area (Å²) in [6, 6.07) is 11.0. The molecule has 0 aliphatic heterocycles. The number of esters is 1. The van der Waals surface area contributed by atoms with Crippen molar-refractivity contribution in [3.05, 3.63) is 66.0 Å². The van der Waals surface area contributed by atoms with E-state index in [4.69, 9.17) is 15.2 Å². The Hall–Kier alpha value is -2.86. The molecule has 0 aliphatic rings. The van der Waals surface area contributed by atoms with Gasteiger partial charge in [0.25, 0.3) is 0 Å². The van der Waals surface area contributed by atoms with Crippen molar-refractivity contribution in [2.45, 2.75) is 26.0 Å². The Morgan fingerprint density at radius 1 is 1.32 bits per heavy atom. The van der Waals surface area contributed by atoms with Gasteiger partial charge in [-0.1, -0.05) is 36.9 Å². The van der Waals surface area contributed by atoms with Crippen LogP contribution in [0, 0.1) is 0 Å². The second-order valence-corrected chi connectivity index (χ2v) is 5.71. The van der Waals surface area contributed by atoms with Crippen LogP contribution in [-0.4, -0.2) is 24.1 Å². The van der Waals surface area contributed by atoms with Crippen molar-refractivity contribution in [2.75, 3.05) is 12.4 Å². The van der Waals surface area contributed by atoms with Gasteiger partial charge in [-0.05, 0) is 18.6 Å². The van der Waals surface area contributed by atoms with Gasteiger partial charge in [0.05, 0.1) is 7.11 Å². The minimum Gasteiger partial charge on any atom is -0.496 e. The summed E-state index contributed by atoms with van der Waals surface area (Å²) in [6.45, 7) is 5.96. The highest BCUT2D eigenvalue weighted by Crippen LogP contribution is 2.26. The number of pyridine rings is 1. The molecule has 1 unspecified atom stereocenters. The van der Waals surface area contributed by atoms with E-state index < -0.39 is 5.97 Å². The van der Waals surface area contributed by atoms with E-state index in [1.54, 1.807) is 12.3 Å². The van der Waals surface area contributed by atoms with Crippen molar-refractivity contribution in [3.8, 4) is 5.75 Å². The van der Waals surface area contributed by atoms with Gasteiger partial charge in [0.15, 0.2) is 0 Å². The molecule has 0 spiro atoms. The average molecular weight is 341 g/mol. The number of nitrogens with zero attached hydrogens (tertiary/aromatic N) is 1. The van der Waals surface area contributed by atoms with Crippen molar-refractivity contribution in [1.82, 2.24) is 4.98 Å². The Morgan fingerprint density at radius 3 is 2.68 bits per heavy atom. The van der Waals surface area contributed by atoms with Gasteiger partial charge < -0.3 is 20.5 Å². The first kappa shape index (κ1) is 18.5. The van der Waals surface area contributed by atoms with Crippen LogP contribution in [0.2, 0.25) is 0 Å². The number of carbonyl (C=O) groups excluding carboxylic acids is 1. The topological polar surface area (TPSA) is 86.5 Å². The third-order valence-electron chi connectivity index (χ3n) is 3.41. The molecule has 1 aromatic carbocycles. The quantitative estimate of drug-likeness (QED) is 0.718. The number of anilines is 1. The third-order valence-corrected chi connectivity index (χ3v) is 3.41. The molecule has 0 radical (unpaired) electrons. The molecule has 0 amide bonds. The fraction of sp³-hybridized carbons (Fsp3) is 0.263. The van der Waals surface area contributed by atoms with Crippen LogP contribution in [-0.2, 0) is 11.3 Å². The molecule has 6 heteroatoms. The number of hydrogen-bond acceptors (Lipinski definition) is 6. The summed E-state index contributed by atoms with van der Waals surface area (Å²) in [4.78, 5) is 16.8. The molecule has 0 bridgehead atoms. The zero-order valence-electron chi connectivity index (χ0n) is 14.5. The average Bonchev–Trinajstić information content (AvgIpc) is 2.59. The van der Waals surface area contributed by atoms with Gasteiger partial charge in [0, 0.05) is 24.4 Å². The van der Waals surface area contributed by atoms with Gasteiger partial charge in [-0.25, -0.2) is 9.78 Å². The third kappa shape index (κ3) is 5.32. The van der Waals surface area contributed by atoms with Gasteiger partial charge in [-0.2, -0.15) is 0 Å². The van der Waals surface area contributed by atoms with Crippen molar-refractivity contribution in [3.63, 3.8) is 0 Å². The summed E-state index contributed by atoms with van der Waals surface area (Å²) in [5.41, 5.74) is 7.56. The second kappa shape index (κ2) is 8.84. The Kier molecular flexibility index (Phi) is 6.54. The zero-order valence-corrected chi connectivity index (χ0v) is 14.5. The molecule has 1 heterocycles. The lowest BCUT2D eigenvalue weighted by Crippen LogP contribution is -2.19. The predicted octanol–water partition coefficient (Wildman–Crippen LogP) is 3.11. The molecule has 0 saturated carbocycles. The highest BCUT2D eigenvalue weighted by atomic mass is 16.5. The van der Waals surface area contributed by atoms with Gasteiger partial charge >= 0.3 is 5.97 Å². The largest absolute Gasteiger partial charge is 0.496 e. The summed E-state index contributed by atoms with van der Waals surface area (Å²) in [5, 5.41) is 3.03. The second-order valence-electron chi connectivity index (χ2n) is 5.71. The van der Waals surface area contributed by atoms with Gasteiger partial charge in [0.1, 0.15) is 23.7 Å². The maximum Gasteiger partial charge on any atom is 0.346 e.